The van der Waals surface area contributed by atoms with Crippen LogP contribution in [0.4, 0.5) is 5.69 Å². The molecular formula is C21H18N4O3S3. The minimum absolute atomic E-state index is 0.0712. The Morgan fingerprint density at radius 1 is 1.29 bits per heavy atom. The largest absolute Gasteiger partial charge is 0.495 e. The van der Waals surface area contributed by atoms with Crippen LogP contribution in [0.1, 0.15) is 5.56 Å². The zero-order chi connectivity index (χ0) is 22.0. The predicted molar refractivity (Wildman–Crippen MR) is 127 cm³/mol. The fraction of sp³-hybridized carbons (Fsp3) is 0.143. The van der Waals surface area contributed by atoms with Gasteiger partial charge in [0.2, 0.25) is 5.91 Å². The van der Waals surface area contributed by atoms with Crippen LogP contribution in [0.5, 0.6) is 5.75 Å². The van der Waals surface area contributed by atoms with Gasteiger partial charge in [-0.15, -0.1) is 0 Å². The summed E-state index contributed by atoms with van der Waals surface area (Å²) < 4.78 is 8.05. The molecule has 0 radical (unpaired) electrons. The Bertz CT molecular complexity index is 1380. The Hall–Kier alpha value is -2.95. The standard InChI is InChI=1S/C21H18N4O3S3/c1-12-8-9-15(28-2)14(10-12)22-16(26)11-30-20-23-18-17(19(27)24-20)31-21(29)25(18)13-6-4-3-5-7-13/h3-10H,11H2,1-2H3,(H,22,26)(H,23,24,27). The van der Waals surface area contributed by atoms with Gasteiger partial charge in [-0.05, 0) is 49.0 Å². The molecule has 4 rings (SSSR count). The number of carbonyl (C=O) groups is 1. The number of hydrogen-bond acceptors (Lipinski definition) is 7. The van der Waals surface area contributed by atoms with Gasteiger partial charge in [-0.1, -0.05) is 47.4 Å². The van der Waals surface area contributed by atoms with Gasteiger partial charge >= 0.3 is 0 Å². The number of fused-ring (bicyclic) bond motifs is 1. The molecule has 0 saturated carbocycles. The minimum atomic E-state index is -0.279. The number of nitrogens with one attached hydrogen (secondary N) is 2. The third kappa shape index (κ3) is 4.55. The van der Waals surface area contributed by atoms with Gasteiger partial charge in [-0.3, -0.25) is 14.2 Å². The second-order valence-corrected chi connectivity index (χ2v) is 9.21. The second kappa shape index (κ2) is 9.04. The number of aromatic nitrogens is 3. The molecule has 158 valence electrons. The second-order valence-electron chi connectivity index (χ2n) is 6.60. The number of nitrogens with zero attached hydrogens (tertiary/aromatic N) is 2. The maximum Gasteiger partial charge on any atom is 0.271 e. The van der Waals surface area contributed by atoms with Gasteiger partial charge in [0, 0.05) is 5.69 Å². The highest BCUT2D eigenvalue weighted by molar-refractivity contribution is 7.99. The van der Waals surface area contributed by atoms with Crippen molar-refractivity contribution in [2.45, 2.75) is 12.1 Å². The van der Waals surface area contributed by atoms with Gasteiger partial charge in [0.05, 0.1) is 18.6 Å². The van der Waals surface area contributed by atoms with Crippen molar-refractivity contribution in [3.63, 3.8) is 0 Å². The van der Waals surface area contributed by atoms with Crippen LogP contribution < -0.4 is 15.6 Å². The molecule has 0 bridgehead atoms. The van der Waals surface area contributed by atoms with E-state index < -0.39 is 0 Å². The molecule has 0 aliphatic heterocycles. The van der Waals surface area contributed by atoms with Gasteiger partial charge < -0.3 is 15.0 Å². The fourth-order valence-corrected chi connectivity index (χ4v) is 4.93. The summed E-state index contributed by atoms with van der Waals surface area (Å²) in [6.45, 7) is 1.93. The van der Waals surface area contributed by atoms with Crippen LogP contribution in [-0.4, -0.2) is 33.3 Å². The van der Waals surface area contributed by atoms with Gasteiger partial charge in [-0.25, -0.2) is 4.98 Å². The number of rotatable bonds is 6. The van der Waals surface area contributed by atoms with E-state index in [4.69, 9.17) is 17.0 Å². The van der Waals surface area contributed by atoms with Crippen LogP contribution in [0.15, 0.2) is 58.5 Å². The zero-order valence-electron chi connectivity index (χ0n) is 16.7. The average molecular weight is 471 g/mol. The number of anilines is 1. The normalized spacial score (nSPS) is 10.9. The van der Waals surface area contributed by atoms with E-state index in [1.165, 1.54) is 11.3 Å². The lowest BCUT2D eigenvalue weighted by Crippen LogP contribution is -2.16. The summed E-state index contributed by atoms with van der Waals surface area (Å²) in [4.78, 5) is 32.4. The third-order valence-corrected chi connectivity index (χ3v) is 6.64. The molecule has 0 spiro atoms. The number of para-hydroxylation sites is 1. The average Bonchev–Trinajstić information content (AvgIpc) is 3.09. The Kier molecular flexibility index (Phi) is 6.21. The van der Waals surface area contributed by atoms with Crippen molar-refractivity contribution in [1.82, 2.24) is 14.5 Å². The van der Waals surface area contributed by atoms with Crippen molar-refractivity contribution < 1.29 is 9.53 Å². The van der Waals surface area contributed by atoms with Crippen LogP contribution in [0.3, 0.4) is 0 Å². The molecule has 2 N–H and O–H groups in total. The summed E-state index contributed by atoms with van der Waals surface area (Å²) in [5.41, 5.74) is 2.63. The van der Waals surface area contributed by atoms with E-state index in [-0.39, 0.29) is 17.2 Å². The summed E-state index contributed by atoms with van der Waals surface area (Å²) in [6, 6.07) is 15.1. The van der Waals surface area contributed by atoms with Crippen LogP contribution in [0, 0.1) is 10.9 Å². The lowest BCUT2D eigenvalue weighted by molar-refractivity contribution is -0.113. The lowest BCUT2D eigenvalue weighted by Gasteiger charge is -2.11. The number of hydrogen-bond donors (Lipinski definition) is 2. The van der Waals surface area contributed by atoms with Gasteiger partial charge in [0.15, 0.2) is 14.8 Å². The molecule has 0 saturated heterocycles. The quantitative estimate of drug-likeness (QED) is 0.244. The van der Waals surface area contributed by atoms with Crippen molar-refractivity contribution in [1.29, 1.82) is 0 Å². The SMILES string of the molecule is COc1ccc(C)cc1NC(=O)CSc1nc2c(sc(=S)n2-c2ccccc2)c(=O)[nH]1. The first-order valence-corrected chi connectivity index (χ1v) is 11.5. The van der Waals surface area contributed by atoms with E-state index in [2.05, 4.69) is 15.3 Å². The van der Waals surface area contributed by atoms with Crippen LogP contribution in [0.25, 0.3) is 16.0 Å². The number of amides is 1. The van der Waals surface area contributed by atoms with E-state index in [0.29, 0.717) is 30.9 Å². The molecule has 0 aliphatic carbocycles. The molecule has 10 heteroatoms. The van der Waals surface area contributed by atoms with E-state index >= 15 is 0 Å². The number of thioether (sulfide) groups is 1. The van der Waals surface area contributed by atoms with E-state index in [1.54, 1.807) is 17.7 Å². The number of benzene rings is 2. The van der Waals surface area contributed by atoms with Gasteiger partial charge in [-0.2, -0.15) is 0 Å². The highest BCUT2D eigenvalue weighted by Crippen LogP contribution is 2.27. The molecular weight excluding hydrogens is 452 g/mol. The maximum absolute atomic E-state index is 12.6. The minimum Gasteiger partial charge on any atom is -0.495 e. The van der Waals surface area contributed by atoms with Crippen molar-refractivity contribution in [2.24, 2.45) is 0 Å². The summed E-state index contributed by atoms with van der Waals surface area (Å²) in [5, 5.41) is 3.19. The Morgan fingerprint density at radius 3 is 2.81 bits per heavy atom. The summed E-state index contributed by atoms with van der Waals surface area (Å²) >= 11 is 7.81. The van der Waals surface area contributed by atoms with Crippen LogP contribution in [0.2, 0.25) is 0 Å². The smallest absolute Gasteiger partial charge is 0.271 e. The highest BCUT2D eigenvalue weighted by atomic mass is 32.2. The number of methoxy groups -OCH3 is 1. The predicted octanol–water partition coefficient (Wildman–Crippen LogP) is 4.55. The lowest BCUT2D eigenvalue weighted by atomic mass is 10.2. The van der Waals surface area contributed by atoms with Crippen molar-refractivity contribution in [3.05, 3.63) is 68.4 Å². The van der Waals surface area contributed by atoms with Gasteiger partial charge in [0.1, 0.15) is 10.4 Å². The molecule has 0 aliphatic rings. The fourth-order valence-electron chi connectivity index (χ4n) is 3.01. The molecule has 1 amide bonds. The molecule has 31 heavy (non-hydrogen) atoms. The van der Waals surface area contributed by atoms with Crippen molar-refractivity contribution >= 4 is 57.3 Å². The number of H-pyrrole nitrogens is 1. The number of thiazole rings is 1. The Labute approximate surface area is 191 Å². The number of carbonyl (C=O) groups excluding carboxylic acids is 1. The van der Waals surface area contributed by atoms with E-state index in [1.807, 2.05) is 49.4 Å². The Balaban J connectivity index is 1.58. The van der Waals surface area contributed by atoms with Gasteiger partial charge in [0.25, 0.3) is 5.56 Å². The zero-order valence-corrected chi connectivity index (χ0v) is 19.1. The summed E-state index contributed by atoms with van der Waals surface area (Å²) in [7, 11) is 1.55. The first kappa shape index (κ1) is 21.3. The first-order chi connectivity index (χ1) is 15.0. The van der Waals surface area contributed by atoms with Crippen molar-refractivity contribution in [3.8, 4) is 11.4 Å². The molecule has 2 aromatic carbocycles. The molecule has 0 atom stereocenters. The molecule has 2 heterocycles. The topological polar surface area (TPSA) is 89.0 Å². The highest BCUT2D eigenvalue weighted by Gasteiger charge is 2.15. The van der Waals surface area contributed by atoms with Crippen LogP contribution in [-0.2, 0) is 4.79 Å². The summed E-state index contributed by atoms with van der Waals surface area (Å²) in [6.07, 6.45) is 0. The molecule has 2 aromatic heterocycles. The third-order valence-electron chi connectivity index (χ3n) is 4.40. The van der Waals surface area contributed by atoms with Crippen molar-refractivity contribution in [2.75, 3.05) is 18.2 Å². The number of aromatic amines is 1. The van der Waals surface area contributed by atoms with E-state index in [0.717, 1.165) is 23.0 Å². The van der Waals surface area contributed by atoms with Crippen LogP contribution >= 0.6 is 35.3 Å². The molecule has 0 unspecified atom stereocenters. The Morgan fingerprint density at radius 2 is 2.06 bits per heavy atom. The number of ether oxygens (including phenoxy) is 1. The molecule has 4 aromatic rings. The molecule has 0 fully saturated rings. The first-order valence-electron chi connectivity index (χ1n) is 9.25. The monoisotopic (exact) mass is 470 g/mol. The summed E-state index contributed by atoms with van der Waals surface area (Å²) in [5.74, 6) is 0.417. The van der Waals surface area contributed by atoms with E-state index in [9.17, 15) is 9.59 Å². The number of aryl methyl sites for hydroxylation is 1. The molecule has 7 nitrogen and oxygen atoms in total. The maximum atomic E-state index is 12.6.